The predicted octanol–water partition coefficient (Wildman–Crippen LogP) is 1.64. The monoisotopic (exact) mass is 271 g/mol. The highest BCUT2D eigenvalue weighted by Gasteiger charge is 2.20. The van der Waals surface area contributed by atoms with E-state index < -0.39 is 10.0 Å². The third-order valence-electron chi connectivity index (χ3n) is 2.29. The van der Waals surface area contributed by atoms with Crippen molar-refractivity contribution < 1.29 is 13.5 Å². The number of nitrogens with one attached hydrogen (secondary N) is 1. The Hall–Kier alpha value is -0.910. The summed E-state index contributed by atoms with van der Waals surface area (Å²) in [6.45, 7) is 5.88. The zero-order valence-electron chi connectivity index (χ0n) is 11.1. The van der Waals surface area contributed by atoms with Crippen LogP contribution in [0.2, 0.25) is 0 Å². The third-order valence-corrected chi connectivity index (χ3v) is 4.12. The maximum atomic E-state index is 11.8. The van der Waals surface area contributed by atoms with Crippen LogP contribution in [-0.4, -0.2) is 19.3 Å². The molecule has 102 valence electrons. The first-order valence-electron chi connectivity index (χ1n) is 5.88. The molecule has 0 spiro atoms. The molecule has 1 aromatic carbocycles. The average molecular weight is 271 g/mol. The van der Waals surface area contributed by atoms with E-state index in [0.29, 0.717) is 0 Å². The number of hydrogen-bond donors (Lipinski definition) is 2. The van der Waals surface area contributed by atoms with Crippen LogP contribution < -0.4 is 4.72 Å². The zero-order chi connectivity index (χ0) is 13.8. The smallest absolute Gasteiger partial charge is 0.212 e. The Labute approximate surface area is 109 Å². The molecule has 0 amide bonds. The van der Waals surface area contributed by atoms with E-state index in [4.69, 9.17) is 5.11 Å². The van der Waals surface area contributed by atoms with Crippen molar-refractivity contribution in [2.24, 2.45) is 5.41 Å². The number of aliphatic hydroxyl groups is 1. The number of aliphatic hydroxyl groups excluding tert-OH is 1. The van der Waals surface area contributed by atoms with Gasteiger partial charge in [-0.3, -0.25) is 0 Å². The van der Waals surface area contributed by atoms with Crippen molar-refractivity contribution in [3.05, 3.63) is 35.4 Å². The van der Waals surface area contributed by atoms with Crippen molar-refractivity contribution >= 4 is 10.0 Å². The molecule has 0 unspecified atom stereocenters. The lowest BCUT2D eigenvalue weighted by atomic mass is 10.0. The molecular formula is C13H21NO3S. The topological polar surface area (TPSA) is 66.4 Å². The molecule has 0 atom stereocenters. The van der Waals surface area contributed by atoms with Gasteiger partial charge >= 0.3 is 0 Å². The lowest BCUT2D eigenvalue weighted by molar-refractivity contribution is 0.281. The van der Waals surface area contributed by atoms with Crippen molar-refractivity contribution in [2.75, 3.05) is 5.75 Å². The van der Waals surface area contributed by atoms with Crippen molar-refractivity contribution in [3.63, 3.8) is 0 Å². The van der Waals surface area contributed by atoms with Gasteiger partial charge in [-0.25, -0.2) is 13.1 Å². The Kier molecular flexibility index (Phi) is 4.90. The van der Waals surface area contributed by atoms with Crippen LogP contribution in [0.4, 0.5) is 0 Å². The lowest BCUT2D eigenvalue weighted by Gasteiger charge is -2.18. The molecule has 0 fully saturated rings. The summed E-state index contributed by atoms with van der Waals surface area (Å²) in [5.41, 5.74) is 1.36. The maximum Gasteiger partial charge on any atom is 0.212 e. The number of rotatable bonds is 5. The van der Waals surface area contributed by atoms with Crippen molar-refractivity contribution in [1.29, 1.82) is 0 Å². The van der Waals surface area contributed by atoms with Crippen LogP contribution in [0, 0.1) is 5.41 Å². The summed E-state index contributed by atoms with van der Waals surface area (Å²) in [6, 6.07) is 7.23. The molecule has 0 bridgehead atoms. The molecule has 0 heterocycles. The lowest BCUT2D eigenvalue weighted by Crippen LogP contribution is -2.32. The van der Waals surface area contributed by atoms with Crippen molar-refractivity contribution in [2.45, 2.75) is 33.9 Å². The minimum absolute atomic E-state index is 0.0391. The first-order chi connectivity index (χ1) is 8.22. The Balaban J connectivity index is 2.64. The van der Waals surface area contributed by atoms with Crippen LogP contribution in [0.15, 0.2) is 24.3 Å². The highest BCUT2D eigenvalue weighted by Crippen LogP contribution is 2.15. The summed E-state index contributed by atoms with van der Waals surface area (Å²) in [5.74, 6) is 0.0969. The Bertz CT molecular complexity index is 489. The summed E-state index contributed by atoms with van der Waals surface area (Å²) >= 11 is 0. The van der Waals surface area contributed by atoms with Crippen LogP contribution in [0.3, 0.4) is 0 Å². The number of benzene rings is 1. The number of hydrogen-bond acceptors (Lipinski definition) is 3. The number of sulfonamides is 1. The second kappa shape index (κ2) is 5.82. The molecule has 1 rings (SSSR count). The molecule has 5 heteroatoms. The summed E-state index contributed by atoms with van der Waals surface area (Å²) < 4.78 is 26.2. The van der Waals surface area contributed by atoms with Gasteiger partial charge in [-0.1, -0.05) is 45.0 Å². The SMILES string of the molecule is CC(C)(C)CS(=O)(=O)NCc1cccc(CO)c1. The van der Waals surface area contributed by atoms with E-state index in [-0.39, 0.29) is 24.3 Å². The third kappa shape index (κ3) is 5.62. The van der Waals surface area contributed by atoms with Crippen LogP contribution in [0.5, 0.6) is 0 Å². The molecule has 0 saturated heterocycles. The van der Waals surface area contributed by atoms with Gasteiger partial charge in [0.15, 0.2) is 0 Å². The highest BCUT2D eigenvalue weighted by atomic mass is 32.2. The van der Waals surface area contributed by atoms with E-state index in [1.54, 1.807) is 18.2 Å². The van der Waals surface area contributed by atoms with Gasteiger partial charge in [0.25, 0.3) is 0 Å². The highest BCUT2D eigenvalue weighted by molar-refractivity contribution is 7.89. The normalized spacial score (nSPS) is 12.7. The average Bonchev–Trinajstić information content (AvgIpc) is 2.24. The molecule has 0 aliphatic heterocycles. The second-order valence-corrected chi connectivity index (χ2v) is 7.43. The first kappa shape index (κ1) is 15.1. The molecule has 0 aliphatic carbocycles. The molecule has 0 aliphatic rings. The van der Waals surface area contributed by atoms with Crippen LogP contribution >= 0.6 is 0 Å². The second-order valence-electron chi connectivity index (χ2n) is 5.62. The van der Waals surface area contributed by atoms with Crippen molar-refractivity contribution in [1.82, 2.24) is 4.72 Å². The Morgan fingerprint density at radius 1 is 1.22 bits per heavy atom. The van der Waals surface area contributed by atoms with E-state index >= 15 is 0 Å². The molecule has 0 aromatic heterocycles. The molecule has 4 nitrogen and oxygen atoms in total. The minimum Gasteiger partial charge on any atom is -0.392 e. The standard InChI is InChI=1S/C13H21NO3S/c1-13(2,3)10-18(16,17)14-8-11-5-4-6-12(7-11)9-15/h4-7,14-15H,8-10H2,1-3H3. The van der Waals surface area contributed by atoms with Crippen LogP contribution in [0.1, 0.15) is 31.9 Å². The Morgan fingerprint density at radius 3 is 2.39 bits per heavy atom. The molecule has 0 radical (unpaired) electrons. The van der Waals surface area contributed by atoms with Gasteiger partial charge in [-0.2, -0.15) is 0 Å². The van der Waals surface area contributed by atoms with Crippen molar-refractivity contribution in [3.8, 4) is 0 Å². The van der Waals surface area contributed by atoms with E-state index in [1.807, 2.05) is 26.8 Å². The largest absolute Gasteiger partial charge is 0.392 e. The molecule has 2 N–H and O–H groups in total. The molecular weight excluding hydrogens is 250 g/mol. The van der Waals surface area contributed by atoms with Gasteiger partial charge < -0.3 is 5.11 Å². The van der Waals surface area contributed by atoms with E-state index in [9.17, 15) is 8.42 Å². The van der Waals surface area contributed by atoms with Gasteiger partial charge in [-0.05, 0) is 16.5 Å². The summed E-state index contributed by atoms with van der Waals surface area (Å²) in [5, 5.41) is 9.00. The van der Waals surface area contributed by atoms with E-state index in [1.165, 1.54) is 0 Å². The predicted molar refractivity (Wildman–Crippen MR) is 72.4 cm³/mol. The van der Waals surface area contributed by atoms with Gasteiger partial charge in [-0.15, -0.1) is 0 Å². The molecule has 18 heavy (non-hydrogen) atoms. The van der Waals surface area contributed by atoms with Gasteiger partial charge in [0.2, 0.25) is 10.0 Å². The fourth-order valence-electron chi connectivity index (χ4n) is 1.65. The first-order valence-corrected chi connectivity index (χ1v) is 7.53. The summed E-state index contributed by atoms with van der Waals surface area (Å²) in [7, 11) is -3.27. The van der Waals surface area contributed by atoms with Crippen LogP contribution in [-0.2, 0) is 23.2 Å². The maximum absolute atomic E-state index is 11.8. The van der Waals surface area contributed by atoms with Gasteiger partial charge in [0.1, 0.15) is 0 Å². The quantitative estimate of drug-likeness (QED) is 0.855. The minimum atomic E-state index is -3.27. The Morgan fingerprint density at radius 2 is 1.83 bits per heavy atom. The van der Waals surface area contributed by atoms with Gasteiger partial charge in [0.05, 0.1) is 12.4 Å². The molecule has 1 aromatic rings. The van der Waals surface area contributed by atoms with E-state index in [2.05, 4.69) is 4.72 Å². The molecule has 0 saturated carbocycles. The van der Waals surface area contributed by atoms with Gasteiger partial charge in [0, 0.05) is 6.54 Å². The fraction of sp³-hybridized carbons (Fsp3) is 0.538. The zero-order valence-corrected chi connectivity index (χ0v) is 11.9. The van der Waals surface area contributed by atoms with E-state index in [0.717, 1.165) is 11.1 Å². The summed E-state index contributed by atoms with van der Waals surface area (Å²) in [4.78, 5) is 0. The summed E-state index contributed by atoms with van der Waals surface area (Å²) in [6.07, 6.45) is 0. The van der Waals surface area contributed by atoms with Crippen LogP contribution in [0.25, 0.3) is 0 Å². The fourth-order valence-corrected chi connectivity index (χ4v) is 3.28.